The van der Waals surface area contributed by atoms with Crippen LogP contribution < -0.4 is 10.1 Å². The average molecular weight is 339 g/mol. The van der Waals surface area contributed by atoms with Crippen LogP contribution in [0.2, 0.25) is 0 Å². The molecule has 100 valence electrons. The molecule has 0 spiro atoms. The largest absolute Gasteiger partial charge is 0.488 e. The molecular weight excluding hydrogens is 324 g/mol. The van der Waals surface area contributed by atoms with Gasteiger partial charge in [0.05, 0.1) is 5.01 Å². The van der Waals surface area contributed by atoms with Gasteiger partial charge in [0.2, 0.25) is 0 Å². The van der Waals surface area contributed by atoms with E-state index in [-0.39, 0.29) is 6.10 Å². The lowest BCUT2D eigenvalue weighted by molar-refractivity contribution is 0.227. The molecule has 1 aliphatic rings. The Hall–Kier alpha value is -0.910. The van der Waals surface area contributed by atoms with Crippen LogP contribution in [0.3, 0.4) is 0 Å². The lowest BCUT2D eigenvalue weighted by Gasteiger charge is -2.11. The van der Waals surface area contributed by atoms with Crippen LogP contribution in [0.5, 0.6) is 5.75 Å². The van der Waals surface area contributed by atoms with E-state index in [0.717, 1.165) is 34.7 Å². The van der Waals surface area contributed by atoms with Crippen molar-refractivity contribution >= 4 is 27.3 Å². The molecule has 0 bridgehead atoms. The molecule has 5 heteroatoms. The first kappa shape index (κ1) is 13.1. The Labute approximate surface area is 125 Å². The fourth-order valence-electron chi connectivity index (χ4n) is 2.25. The van der Waals surface area contributed by atoms with E-state index in [1.54, 1.807) is 11.3 Å². The molecule has 1 N–H and O–H groups in total. The number of halogens is 1. The van der Waals surface area contributed by atoms with E-state index in [4.69, 9.17) is 4.74 Å². The third-order valence-electron chi connectivity index (χ3n) is 3.10. The number of nitrogens with one attached hydrogen (secondary N) is 1. The molecule has 2 aromatic rings. The summed E-state index contributed by atoms with van der Waals surface area (Å²) >= 11 is 5.23. The van der Waals surface area contributed by atoms with Crippen LogP contribution in [0.25, 0.3) is 0 Å². The van der Waals surface area contributed by atoms with Crippen LogP contribution in [0.4, 0.5) is 0 Å². The van der Waals surface area contributed by atoms with Crippen molar-refractivity contribution in [2.45, 2.75) is 26.0 Å². The van der Waals surface area contributed by atoms with Crippen molar-refractivity contribution in [3.8, 4) is 5.75 Å². The lowest BCUT2D eigenvalue weighted by atomic mass is 10.1. The van der Waals surface area contributed by atoms with E-state index in [2.05, 4.69) is 32.3 Å². The Balaban J connectivity index is 1.51. The molecule has 1 atom stereocenters. The molecule has 2 heterocycles. The van der Waals surface area contributed by atoms with Crippen molar-refractivity contribution in [3.05, 3.63) is 44.3 Å². The summed E-state index contributed by atoms with van der Waals surface area (Å²) in [5.41, 5.74) is 1.29. The van der Waals surface area contributed by atoms with Crippen LogP contribution in [0.1, 0.15) is 15.4 Å². The van der Waals surface area contributed by atoms with Gasteiger partial charge in [0.1, 0.15) is 11.9 Å². The Morgan fingerprint density at radius 3 is 3.21 bits per heavy atom. The Bertz CT molecular complexity index is 585. The molecule has 3 nitrogen and oxygen atoms in total. The molecule has 19 heavy (non-hydrogen) atoms. The lowest BCUT2D eigenvalue weighted by Crippen LogP contribution is -2.29. The molecule has 3 rings (SSSR count). The summed E-state index contributed by atoms with van der Waals surface area (Å²) in [7, 11) is 0. The van der Waals surface area contributed by atoms with Crippen molar-refractivity contribution in [1.82, 2.24) is 10.3 Å². The maximum atomic E-state index is 5.91. The number of aromatic nitrogens is 1. The highest BCUT2D eigenvalue weighted by atomic mass is 79.9. The molecule has 1 aromatic heterocycles. The van der Waals surface area contributed by atoms with E-state index >= 15 is 0 Å². The first-order chi connectivity index (χ1) is 9.20. The van der Waals surface area contributed by atoms with E-state index < -0.39 is 0 Å². The minimum Gasteiger partial charge on any atom is -0.488 e. The van der Waals surface area contributed by atoms with Gasteiger partial charge in [-0.25, -0.2) is 4.98 Å². The molecular formula is C14H15BrN2OS. The summed E-state index contributed by atoms with van der Waals surface area (Å²) in [5, 5.41) is 4.56. The minimum atomic E-state index is 0.235. The van der Waals surface area contributed by atoms with E-state index in [1.165, 1.54) is 10.4 Å². The number of ether oxygens (including phenoxy) is 1. The smallest absolute Gasteiger partial charge is 0.123 e. The van der Waals surface area contributed by atoms with Crippen molar-refractivity contribution in [2.24, 2.45) is 0 Å². The minimum absolute atomic E-state index is 0.235. The third kappa shape index (κ3) is 3.16. The number of rotatable bonds is 4. The number of benzene rings is 1. The Morgan fingerprint density at radius 2 is 2.42 bits per heavy atom. The number of fused-ring (bicyclic) bond motifs is 1. The van der Waals surface area contributed by atoms with Crippen LogP contribution in [0, 0.1) is 6.92 Å². The van der Waals surface area contributed by atoms with E-state index in [0.29, 0.717) is 0 Å². The molecule has 0 aliphatic carbocycles. The zero-order chi connectivity index (χ0) is 13.2. The number of aryl methyl sites for hydroxylation is 1. The molecule has 1 aliphatic heterocycles. The van der Waals surface area contributed by atoms with Gasteiger partial charge < -0.3 is 10.1 Å². The molecule has 0 amide bonds. The highest BCUT2D eigenvalue weighted by Crippen LogP contribution is 2.30. The fraction of sp³-hybridized carbons (Fsp3) is 0.357. The van der Waals surface area contributed by atoms with Gasteiger partial charge in [-0.15, -0.1) is 11.3 Å². The summed E-state index contributed by atoms with van der Waals surface area (Å²) in [4.78, 5) is 5.53. The average Bonchev–Trinajstić information content (AvgIpc) is 2.95. The van der Waals surface area contributed by atoms with Crippen LogP contribution in [-0.2, 0) is 13.0 Å². The zero-order valence-electron chi connectivity index (χ0n) is 10.6. The maximum absolute atomic E-state index is 5.91. The van der Waals surface area contributed by atoms with Crippen LogP contribution >= 0.6 is 27.3 Å². The summed E-state index contributed by atoms with van der Waals surface area (Å²) in [5.74, 6) is 1.02. The topological polar surface area (TPSA) is 34.2 Å². The number of hydrogen-bond acceptors (Lipinski definition) is 4. The molecule has 0 radical (unpaired) electrons. The van der Waals surface area contributed by atoms with Crippen molar-refractivity contribution < 1.29 is 4.74 Å². The van der Waals surface area contributed by atoms with Gasteiger partial charge in [0.25, 0.3) is 0 Å². The van der Waals surface area contributed by atoms with Crippen molar-refractivity contribution in [1.29, 1.82) is 0 Å². The molecule has 0 saturated carbocycles. The summed E-state index contributed by atoms with van der Waals surface area (Å²) in [6.07, 6.45) is 3.15. The second kappa shape index (κ2) is 5.61. The number of hydrogen-bond donors (Lipinski definition) is 1. The standard InChI is InChI=1S/C14H15BrN2OS/c1-9-17-8-13(19-9)7-16-6-12-5-10-4-11(15)2-3-14(10)18-12/h2-4,8,12,16H,5-7H2,1H3. The summed E-state index contributed by atoms with van der Waals surface area (Å²) in [6, 6.07) is 6.20. The van der Waals surface area contributed by atoms with Gasteiger partial charge in [0.15, 0.2) is 0 Å². The number of thiazole rings is 1. The van der Waals surface area contributed by atoms with Gasteiger partial charge >= 0.3 is 0 Å². The Morgan fingerprint density at radius 1 is 1.53 bits per heavy atom. The highest BCUT2D eigenvalue weighted by molar-refractivity contribution is 9.10. The van der Waals surface area contributed by atoms with Gasteiger partial charge in [0, 0.05) is 35.1 Å². The molecule has 1 aromatic carbocycles. The van der Waals surface area contributed by atoms with Gasteiger partial charge in [-0.1, -0.05) is 15.9 Å². The molecule has 1 unspecified atom stereocenters. The molecule has 0 fully saturated rings. The summed E-state index contributed by atoms with van der Waals surface area (Å²) in [6.45, 7) is 3.76. The second-order valence-electron chi connectivity index (χ2n) is 4.67. The third-order valence-corrected chi connectivity index (χ3v) is 4.51. The quantitative estimate of drug-likeness (QED) is 0.928. The zero-order valence-corrected chi connectivity index (χ0v) is 13.1. The number of nitrogens with zero attached hydrogens (tertiary/aromatic N) is 1. The predicted molar refractivity (Wildman–Crippen MR) is 80.8 cm³/mol. The van der Waals surface area contributed by atoms with Crippen molar-refractivity contribution in [3.63, 3.8) is 0 Å². The summed E-state index contributed by atoms with van der Waals surface area (Å²) < 4.78 is 7.02. The van der Waals surface area contributed by atoms with Crippen LogP contribution in [0.15, 0.2) is 28.9 Å². The van der Waals surface area contributed by atoms with Crippen LogP contribution in [-0.4, -0.2) is 17.6 Å². The van der Waals surface area contributed by atoms with Gasteiger partial charge in [-0.2, -0.15) is 0 Å². The van der Waals surface area contributed by atoms with E-state index in [1.807, 2.05) is 25.3 Å². The predicted octanol–water partition coefficient (Wildman–Crippen LogP) is 3.31. The Kier molecular flexibility index (Phi) is 3.86. The van der Waals surface area contributed by atoms with Gasteiger partial charge in [-0.05, 0) is 30.7 Å². The van der Waals surface area contributed by atoms with Gasteiger partial charge in [-0.3, -0.25) is 0 Å². The maximum Gasteiger partial charge on any atom is 0.123 e. The van der Waals surface area contributed by atoms with Crippen molar-refractivity contribution in [2.75, 3.05) is 6.54 Å². The fourth-order valence-corrected chi connectivity index (χ4v) is 3.42. The first-order valence-electron chi connectivity index (χ1n) is 6.28. The first-order valence-corrected chi connectivity index (χ1v) is 7.89. The van der Waals surface area contributed by atoms with E-state index in [9.17, 15) is 0 Å². The highest BCUT2D eigenvalue weighted by Gasteiger charge is 2.22. The SMILES string of the molecule is Cc1ncc(CNCC2Cc3cc(Br)ccc3O2)s1. The normalized spacial score (nSPS) is 17.3. The second-order valence-corrected chi connectivity index (χ2v) is 6.91. The monoisotopic (exact) mass is 338 g/mol. The molecule has 0 saturated heterocycles.